The first-order valence-electron chi connectivity index (χ1n) is 4.95. The summed E-state index contributed by atoms with van der Waals surface area (Å²) in [5.74, 6) is 1.50. The van der Waals surface area contributed by atoms with Crippen LogP contribution in [0.5, 0.6) is 0 Å². The molecule has 84 valence electrons. The first-order valence-corrected chi connectivity index (χ1v) is 6.44. The maximum absolute atomic E-state index is 11.1. The van der Waals surface area contributed by atoms with E-state index in [1.54, 1.807) is 6.92 Å². The summed E-state index contributed by atoms with van der Waals surface area (Å²) in [6.45, 7) is 1.75. The summed E-state index contributed by atoms with van der Waals surface area (Å²) < 4.78 is 11.1. The van der Waals surface area contributed by atoms with Crippen molar-refractivity contribution in [3.8, 4) is 0 Å². The Labute approximate surface area is 87.2 Å². The predicted octanol–water partition coefficient (Wildman–Crippen LogP) is -0.770. The molecule has 1 unspecified atom stereocenters. The second-order valence-electron chi connectivity index (χ2n) is 4.16. The van der Waals surface area contributed by atoms with Crippen LogP contribution in [0.15, 0.2) is 0 Å². The summed E-state index contributed by atoms with van der Waals surface area (Å²) in [6, 6.07) is 0.339. The quantitative estimate of drug-likeness (QED) is 0.583. The Hall–Kier alpha value is 0.0300. The zero-order chi connectivity index (χ0) is 10.6. The SMILES string of the molecule is CC(O)(CO)CNC1CCS(=O)CC1. The monoisotopic (exact) mass is 221 g/mol. The van der Waals surface area contributed by atoms with Crippen LogP contribution in [-0.2, 0) is 10.8 Å². The molecule has 1 rings (SSSR count). The highest BCUT2D eigenvalue weighted by Crippen LogP contribution is 2.10. The molecule has 5 heteroatoms. The standard InChI is InChI=1S/C9H19NO3S/c1-9(12,7-11)6-10-8-2-4-14(13)5-3-8/h8,10-12H,2-7H2,1H3. The molecule has 0 spiro atoms. The fourth-order valence-electron chi connectivity index (χ4n) is 1.42. The third-order valence-corrected chi connectivity index (χ3v) is 3.88. The Morgan fingerprint density at radius 2 is 2.07 bits per heavy atom. The van der Waals surface area contributed by atoms with E-state index in [9.17, 15) is 9.32 Å². The van der Waals surface area contributed by atoms with Crippen molar-refractivity contribution in [3.63, 3.8) is 0 Å². The topological polar surface area (TPSA) is 69.6 Å². The molecule has 1 saturated heterocycles. The Balaban J connectivity index is 2.22. The smallest absolute Gasteiger partial charge is 0.0972 e. The zero-order valence-corrected chi connectivity index (χ0v) is 9.35. The minimum absolute atomic E-state index is 0.237. The lowest BCUT2D eigenvalue weighted by Crippen LogP contribution is -2.46. The van der Waals surface area contributed by atoms with Crippen LogP contribution in [0, 0.1) is 0 Å². The molecule has 0 saturated carbocycles. The van der Waals surface area contributed by atoms with Gasteiger partial charge in [-0.15, -0.1) is 0 Å². The molecule has 1 fully saturated rings. The van der Waals surface area contributed by atoms with E-state index in [1.165, 1.54) is 0 Å². The van der Waals surface area contributed by atoms with E-state index < -0.39 is 16.4 Å². The van der Waals surface area contributed by atoms with Gasteiger partial charge in [0.15, 0.2) is 0 Å². The molecule has 14 heavy (non-hydrogen) atoms. The van der Waals surface area contributed by atoms with E-state index in [1.807, 2.05) is 0 Å². The maximum Gasteiger partial charge on any atom is 0.0972 e. The molecule has 0 aliphatic carbocycles. The third-order valence-electron chi connectivity index (χ3n) is 2.50. The van der Waals surface area contributed by atoms with Gasteiger partial charge in [-0.1, -0.05) is 0 Å². The Morgan fingerprint density at radius 3 is 2.57 bits per heavy atom. The number of nitrogens with one attached hydrogen (secondary N) is 1. The van der Waals surface area contributed by atoms with Crippen molar-refractivity contribution in [3.05, 3.63) is 0 Å². The number of aliphatic hydroxyl groups is 2. The lowest BCUT2D eigenvalue weighted by Gasteiger charge is -2.27. The average Bonchev–Trinajstić information content (AvgIpc) is 2.17. The fraction of sp³-hybridized carbons (Fsp3) is 1.00. The molecule has 4 nitrogen and oxygen atoms in total. The molecule has 1 heterocycles. The van der Waals surface area contributed by atoms with E-state index in [-0.39, 0.29) is 6.61 Å². The van der Waals surface area contributed by atoms with Crippen LogP contribution >= 0.6 is 0 Å². The molecule has 0 aromatic heterocycles. The summed E-state index contributed by atoms with van der Waals surface area (Å²) in [6.07, 6.45) is 1.79. The minimum Gasteiger partial charge on any atom is -0.393 e. The van der Waals surface area contributed by atoms with Crippen LogP contribution < -0.4 is 5.32 Å². The molecule has 1 aliphatic rings. The number of aliphatic hydroxyl groups excluding tert-OH is 1. The zero-order valence-electron chi connectivity index (χ0n) is 8.53. The first kappa shape index (κ1) is 12.1. The summed E-state index contributed by atoms with van der Waals surface area (Å²) in [5.41, 5.74) is -1.05. The van der Waals surface area contributed by atoms with Gasteiger partial charge in [0, 0.05) is 34.9 Å². The Bertz CT molecular complexity index is 198. The van der Waals surface area contributed by atoms with Crippen LogP contribution in [0.25, 0.3) is 0 Å². The second kappa shape index (κ2) is 5.21. The van der Waals surface area contributed by atoms with Crippen LogP contribution in [-0.4, -0.2) is 50.7 Å². The van der Waals surface area contributed by atoms with Gasteiger partial charge < -0.3 is 15.5 Å². The third kappa shape index (κ3) is 4.04. The summed E-state index contributed by atoms with van der Waals surface area (Å²) >= 11 is 0. The van der Waals surface area contributed by atoms with Crippen LogP contribution in [0.3, 0.4) is 0 Å². The lowest BCUT2D eigenvalue weighted by molar-refractivity contribution is 0.000553. The highest BCUT2D eigenvalue weighted by atomic mass is 32.2. The molecule has 0 radical (unpaired) electrons. The molecule has 0 amide bonds. The van der Waals surface area contributed by atoms with Crippen molar-refractivity contribution < 1.29 is 14.4 Å². The second-order valence-corrected chi connectivity index (χ2v) is 5.85. The molecule has 0 aromatic carbocycles. The van der Waals surface area contributed by atoms with Crippen LogP contribution in [0.2, 0.25) is 0 Å². The summed E-state index contributed by atoms with van der Waals surface area (Å²) in [7, 11) is -0.639. The van der Waals surface area contributed by atoms with Crippen molar-refractivity contribution in [2.45, 2.75) is 31.4 Å². The average molecular weight is 221 g/mol. The predicted molar refractivity (Wildman–Crippen MR) is 56.6 cm³/mol. The largest absolute Gasteiger partial charge is 0.393 e. The Morgan fingerprint density at radius 1 is 1.50 bits per heavy atom. The van der Waals surface area contributed by atoms with Gasteiger partial charge >= 0.3 is 0 Å². The molecule has 0 aromatic rings. The minimum atomic E-state index is -1.05. The highest BCUT2D eigenvalue weighted by molar-refractivity contribution is 7.85. The number of hydrogen-bond acceptors (Lipinski definition) is 4. The Kier molecular flexibility index (Phi) is 4.50. The van der Waals surface area contributed by atoms with E-state index in [4.69, 9.17) is 5.11 Å². The number of rotatable bonds is 4. The van der Waals surface area contributed by atoms with Crippen molar-refractivity contribution in [1.29, 1.82) is 0 Å². The van der Waals surface area contributed by atoms with E-state index in [0.717, 1.165) is 24.3 Å². The molecule has 3 N–H and O–H groups in total. The van der Waals surface area contributed by atoms with Gasteiger partial charge in [0.05, 0.1) is 12.2 Å². The van der Waals surface area contributed by atoms with Gasteiger partial charge in [-0.05, 0) is 19.8 Å². The van der Waals surface area contributed by atoms with Crippen molar-refractivity contribution in [1.82, 2.24) is 5.32 Å². The van der Waals surface area contributed by atoms with Gasteiger partial charge in [0.2, 0.25) is 0 Å². The van der Waals surface area contributed by atoms with Crippen molar-refractivity contribution >= 4 is 10.8 Å². The van der Waals surface area contributed by atoms with Gasteiger partial charge in [-0.25, -0.2) is 0 Å². The molecule has 0 bridgehead atoms. The van der Waals surface area contributed by atoms with Crippen molar-refractivity contribution in [2.24, 2.45) is 0 Å². The molecule has 1 atom stereocenters. The normalized spacial score (nSPS) is 32.5. The van der Waals surface area contributed by atoms with Crippen molar-refractivity contribution in [2.75, 3.05) is 24.7 Å². The summed E-state index contributed by atoms with van der Waals surface area (Å²) in [4.78, 5) is 0. The molecular weight excluding hydrogens is 202 g/mol. The van der Waals surface area contributed by atoms with Gasteiger partial charge in [-0.3, -0.25) is 4.21 Å². The van der Waals surface area contributed by atoms with E-state index >= 15 is 0 Å². The summed E-state index contributed by atoms with van der Waals surface area (Å²) in [5, 5.41) is 21.5. The van der Waals surface area contributed by atoms with E-state index in [2.05, 4.69) is 5.32 Å². The fourth-order valence-corrected chi connectivity index (χ4v) is 2.72. The number of hydrogen-bond donors (Lipinski definition) is 3. The van der Waals surface area contributed by atoms with Crippen LogP contribution in [0.4, 0.5) is 0 Å². The first-order chi connectivity index (χ1) is 6.53. The lowest BCUT2D eigenvalue weighted by atomic mass is 10.1. The molecular formula is C9H19NO3S. The highest BCUT2D eigenvalue weighted by Gasteiger charge is 2.22. The van der Waals surface area contributed by atoms with Gasteiger partial charge in [0.1, 0.15) is 0 Å². The van der Waals surface area contributed by atoms with Gasteiger partial charge in [0.25, 0.3) is 0 Å². The molecule has 1 aliphatic heterocycles. The van der Waals surface area contributed by atoms with Gasteiger partial charge in [-0.2, -0.15) is 0 Å². The van der Waals surface area contributed by atoms with Crippen LogP contribution in [0.1, 0.15) is 19.8 Å². The van der Waals surface area contributed by atoms with E-state index in [0.29, 0.717) is 12.6 Å². The maximum atomic E-state index is 11.1.